The number of hydrogen-bond donors (Lipinski definition) is 7. The lowest BCUT2D eigenvalue weighted by Gasteiger charge is -2.45. The van der Waals surface area contributed by atoms with Gasteiger partial charge in [-0.2, -0.15) is 0 Å². The van der Waals surface area contributed by atoms with Crippen LogP contribution in [-0.2, 0) is 14.2 Å². The molecule has 2 aliphatic rings. The molecule has 2 heterocycles. The van der Waals surface area contributed by atoms with E-state index in [1.807, 2.05) is 0 Å². The fourth-order valence-corrected chi connectivity index (χ4v) is 2.80. The Bertz CT molecular complexity index is 380. The van der Waals surface area contributed by atoms with E-state index >= 15 is 0 Å². The molecule has 2 aliphatic heterocycles. The van der Waals surface area contributed by atoms with E-state index in [0.29, 0.717) is 0 Å². The van der Waals surface area contributed by atoms with Gasteiger partial charge < -0.3 is 50.0 Å². The number of rotatable bonds is 4. The monoisotopic (exact) mass is 340 g/mol. The second kappa shape index (κ2) is 7.66. The molecule has 6 unspecified atom stereocenters. The van der Waals surface area contributed by atoms with Crippen molar-refractivity contribution in [3.8, 4) is 0 Å². The highest BCUT2D eigenvalue weighted by molar-refractivity contribution is 4.94. The molecular weight excluding hydrogens is 316 g/mol. The third-order valence-electron chi connectivity index (χ3n) is 4.24. The van der Waals surface area contributed by atoms with Crippen molar-refractivity contribution in [2.45, 2.75) is 68.1 Å². The fourth-order valence-electron chi connectivity index (χ4n) is 2.80. The Balaban J connectivity index is 2.08. The zero-order valence-corrected chi connectivity index (χ0v) is 12.5. The molecule has 7 N–H and O–H groups in total. The van der Waals surface area contributed by atoms with Gasteiger partial charge in [-0.1, -0.05) is 0 Å². The SMILES string of the molecule is C[C@@H]1OC(CO)[C@H](O)C(O)C1O[C@@H]1OC(CO)[C@H](O)C(O)C1O. The first-order valence-electron chi connectivity index (χ1n) is 7.40. The minimum Gasteiger partial charge on any atom is -0.394 e. The highest BCUT2D eigenvalue weighted by Gasteiger charge is 2.49. The third-order valence-corrected chi connectivity index (χ3v) is 4.24. The summed E-state index contributed by atoms with van der Waals surface area (Å²) in [7, 11) is 0. The maximum absolute atomic E-state index is 10.1. The van der Waals surface area contributed by atoms with E-state index in [4.69, 9.17) is 24.4 Å². The second-order valence-electron chi connectivity index (χ2n) is 5.84. The van der Waals surface area contributed by atoms with Crippen molar-refractivity contribution in [2.24, 2.45) is 0 Å². The third kappa shape index (κ3) is 3.66. The predicted molar refractivity (Wildman–Crippen MR) is 72.1 cm³/mol. The van der Waals surface area contributed by atoms with Gasteiger partial charge in [0.1, 0.15) is 48.8 Å². The van der Waals surface area contributed by atoms with Crippen LogP contribution in [0.25, 0.3) is 0 Å². The normalized spacial score (nSPS) is 51.7. The Hall–Kier alpha value is -0.400. The van der Waals surface area contributed by atoms with Gasteiger partial charge in [0, 0.05) is 0 Å². The van der Waals surface area contributed by atoms with E-state index in [-0.39, 0.29) is 0 Å². The zero-order valence-electron chi connectivity index (χ0n) is 12.5. The average Bonchev–Trinajstić information content (AvgIpc) is 2.54. The van der Waals surface area contributed by atoms with Gasteiger partial charge in [0.25, 0.3) is 0 Å². The number of aliphatic hydroxyl groups is 7. The number of ether oxygens (including phenoxy) is 3. The molecule has 2 rings (SSSR count). The van der Waals surface area contributed by atoms with Gasteiger partial charge in [0.15, 0.2) is 6.29 Å². The molecule has 2 saturated heterocycles. The van der Waals surface area contributed by atoms with E-state index in [0.717, 1.165) is 0 Å². The fraction of sp³-hybridized carbons (Fsp3) is 1.00. The summed E-state index contributed by atoms with van der Waals surface area (Å²) in [6.07, 6.45) is -13.0. The van der Waals surface area contributed by atoms with Crippen molar-refractivity contribution in [1.29, 1.82) is 0 Å². The van der Waals surface area contributed by atoms with Crippen LogP contribution in [0.3, 0.4) is 0 Å². The van der Waals surface area contributed by atoms with Gasteiger partial charge in [0.2, 0.25) is 0 Å². The standard InChI is InChI=1S/C13H24O10/c1-4-12(10(19)8(17)5(2-14)21-4)23-13-11(20)9(18)7(16)6(3-15)22-13/h4-20H,2-3H2,1H3/t4-,5?,6?,7-,8-,9?,10?,11?,12?,13-/m0/s1. The lowest BCUT2D eigenvalue weighted by Crippen LogP contribution is -2.63. The summed E-state index contributed by atoms with van der Waals surface area (Å²) < 4.78 is 15.9. The maximum atomic E-state index is 10.1. The molecule has 10 heteroatoms. The second-order valence-corrected chi connectivity index (χ2v) is 5.84. The topological polar surface area (TPSA) is 169 Å². The molecule has 0 aromatic carbocycles. The molecule has 0 aromatic rings. The van der Waals surface area contributed by atoms with Crippen molar-refractivity contribution in [1.82, 2.24) is 0 Å². The van der Waals surface area contributed by atoms with Crippen LogP contribution in [0, 0.1) is 0 Å². The molecular formula is C13H24O10. The van der Waals surface area contributed by atoms with Gasteiger partial charge >= 0.3 is 0 Å². The molecule has 0 aromatic heterocycles. The molecule has 0 amide bonds. The summed E-state index contributed by atoms with van der Waals surface area (Å²) in [6, 6.07) is 0. The number of aliphatic hydroxyl groups excluding tert-OH is 7. The minimum absolute atomic E-state index is 0.491. The van der Waals surface area contributed by atoms with E-state index < -0.39 is 74.4 Å². The van der Waals surface area contributed by atoms with Gasteiger partial charge in [-0.15, -0.1) is 0 Å². The molecule has 0 radical (unpaired) electrons. The highest BCUT2D eigenvalue weighted by atomic mass is 16.7. The van der Waals surface area contributed by atoms with Gasteiger partial charge in [0.05, 0.1) is 19.3 Å². The molecule has 0 spiro atoms. The van der Waals surface area contributed by atoms with Crippen LogP contribution >= 0.6 is 0 Å². The van der Waals surface area contributed by atoms with E-state index in [9.17, 15) is 25.5 Å². The summed E-state index contributed by atoms with van der Waals surface area (Å²) in [5.41, 5.74) is 0. The predicted octanol–water partition coefficient (Wildman–Crippen LogP) is -4.33. The van der Waals surface area contributed by atoms with Crippen LogP contribution in [0.15, 0.2) is 0 Å². The zero-order chi connectivity index (χ0) is 17.3. The maximum Gasteiger partial charge on any atom is 0.187 e. The molecule has 136 valence electrons. The smallest absolute Gasteiger partial charge is 0.187 e. The first kappa shape index (κ1) is 18.9. The van der Waals surface area contributed by atoms with E-state index in [1.54, 1.807) is 0 Å². The first-order valence-corrected chi connectivity index (χ1v) is 7.40. The number of hydrogen-bond acceptors (Lipinski definition) is 10. The Morgan fingerprint density at radius 1 is 0.739 bits per heavy atom. The molecule has 0 bridgehead atoms. The Morgan fingerprint density at radius 3 is 1.83 bits per heavy atom. The summed E-state index contributed by atoms with van der Waals surface area (Å²) in [6.45, 7) is 0.432. The Morgan fingerprint density at radius 2 is 1.26 bits per heavy atom. The van der Waals surface area contributed by atoms with Gasteiger partial charge in [-0.05, 0) is 6.92 Å². The molecule has 23 heavy (non-hydrogen) atoms. The van der Waals surface area contributed by atoms with E-state index in [2.05, 4.69) is 0 Å². The van der Waals surface area contributed by atoms with Crippen LogP contribution in [0.2, 0.25) is 0 Å². The first-order chi connectivity index (χ1) is 10.8. The molecule has 2 fully saturated rings. The lowest BCUT2D eigenvalue weighted by molar-refractivity contribution is -0.340. The van der Waals surface area contributed by atoms with Crippen LogP contribution in [0.5, 0.6) is 0 Å². The quantitative estimate of drug-likeness (QED) is 0.265. The summed E-state index contributed by atoms with van der Waals surface area (Å²) in [5, 5.41) is 67.5. The Kier molecular flexibility index (Phi) is 6.30. The Labute approximate surface area is 132 Å². The van der Waals surface area contributed by atoms with Crippen molar-refractivity contribution in [2.75, 3.05) is 13.2 Å². The minimum atomic E-state index is -1.63. The van der Waals surface area contributed by atoms with Crippen molar-refractivity contribution < 1.29 is 50.0 Å². The molecule has 10 nitrogen and oxygen atoms in total. The van der Waals surface area contributed by atoms with E-state index in [1.165, 1.54) is 6.92 Å². The lowest BCUT2D eigenvalue weighted by atomic mass is 9.95. The molecule has 0 aliphatic carbocycles. The highest BCUT2D eigenvalue weighted by Crippen LogP contribution is 2.28. The summed E-state index contributed by atoms with van der Waals surface area (Å²) >= 11 is 0. The molecule has 10 atom stereocenters. The van der Waals surface area contributed by atoms with Crippen LogP contribution < -0.4 is 0 Å². The van der Waals surface area contributed by atoms with Crippen LogP contribution in [0.1, 0.15) is 6.92 Å². The largest absolute Gasteiger partial charge is 0.394 e. The van der Waals surface area contributed by atoms with Crippen molar-refractivity contribution in [3.05, 3.63) is 0 Å². The van der Waals surface area contributed by atoms with Gasteiger partial charge in [-0.25, -0.2) is 0 Å². The van der Waals surface area contributed by atoms with Gasteiger partial charge in [-0.3, -0.25) is 0 Å². The summed E-state index contributed by atoms with van der Waals surface area (Å²) in [5.74, 6) is 0. The van der Waals surface area contributed by atoms with Crippen LogP contribution in [-0.4, -0.2) is 110 Å². The van der Waals surface area contributed by atoms with Crippen LogP contribution in [0.4, 0.5) is 0 Å². The molecule has 0 saturated carbocycles. The average molecular weight is 340 g/mol. The summed E-state index contributed by atoms with van der Waals surface area (Å²) in [4.78, 5) is 0. The van der Waals surface area contributed by atoms with Crippen molar-refractivity contribution in [3.63, 3.8) is 0 Å². The van der Waals surface area contributed by atoms with Crippen molar-refractivity contribution >= 4 is 0 Å².